The molecule has 1 atom stereocenters. The number of hydrogen-bond donors (Lipinski definition) is 1. The number of anilines is 1. The molecule has 0 aliphatic carbocycles. The van der Waals surface area contributed by atoms with E-state index in [1.807, 2.05) is 31.2 Å². The molecule has 29 heavy (non-hydrogen) atoms. The van der Waals surface area contributed by atoms with Crippen LogP contribution in [0, 0.1) is 18.3 Å². The third-order valence-electron chi connectivity index (χ3n) is 5.33. The number of hydrogen-bond acceptors (Lipinski definition) is 7. The molecule has 2 aromatic rings. The second-order valence-electron chi connectivity index (χ2n) is 6.86. The first-order valence-electron chi connectivity index (χ1n) is 9.15. The van der Waals surface area contributed by atoms with E-state index in [9.17, 15) is 14.9 Å². The number of aryl methyl sites for hydroxylation is 1. The number of amides is 1. The van der Waals surface area contributed by atoms with Crippen molar-refractivity contribution in [3.63, 3.8) is 0 Å². The molecular weight excluding hydrogens is 390 g/mol. The van der Waals surface area contributed by atoms with Crippen LogP contribution in [0.1, 0.15) is 39.0 Å². The first-order valence-corrected chi connectivity index (χ1v) is 9.96. The average Bonchev–Trinajstić information content (AvgIpc) is 3.16. The number of nitrogens with two attached hydrogens (primary N) is 1. The van der Waals surface area contributed by atoms with Gasteiger partial charge in [-0.2, -0.15) is 5.26 Å². The minimum absolute atomic E-state index is 0.0405. The lowest BCUT2D eigenvalue weighted by molar-refractivity contribution is -0.120. The summed E-state index contributed by atoms with van der Waals surface area (Å²) < 4.78 is 10.6. The van der Waals surface area contributed by atoms with E-state index < -0.39 is 11.4 Å². The summed E-state index contributed by atoms with van der Waals surface area (Å²) in [6.45, 7) is 4.24. The molecule has 7 nitrogen and oxygen atoms in total. The van der Waals surface area contributed by atoms with E-state index in [0.717, 1.165) is 12.1 Å². The first-order chi connectivity index (χ1) is 13.9. The van der Waals surface area contributed by atoms with Crippen LogP contribution in [0.2, 0.25) is 0 Å². The largest absolute Gasteiger partial charge is 0.465 e. The van der Waals surface area contributed by atoms with Crippen LogP contribution < -0.4 is 15.4 Å². The van der Waals surface area contributed by atoms with E-state index in [0.29, 0.717) is 21.9 Å². The van der Waals surface area contributed by atoms with Crippen LogP contribution in [0.25, 0.3) is 0 Å². The highest BCUT2D eigenvalue weighted by atomic mass is 32.1. The fourth-order valence-electron chi connectivity index (χ4n) is 4.16. The SMILES string of the molecule is CCCN1C(=O)[C@@]2(C(C#N)=C(N)Oc3c2sc(C)c3C(=O)OC)c2ccccc21. The lowest BCUT2D eigenvalue weighted by Gasteiger charge is -2.32. The normalized spacial score (nSPS) is 19.7. The number of methoxy groups -OCH3 is 1. The fraction of sp³-hybridized carbons (Fsp3) is 0.286. The second-order valence-corrected chi connectivity index (χ2v) is 8.08. The Morgan fingerprint density at radius 1 is 1.41 bits per heavy atom. The van der Waals surface area contributed by atoms with Crippen molar-refractivity contribution < 1.29 is 19.1 Å². The Morgan fingerprint density at radius 3 is 2.79 bits per heavy atom. The van der Waals surface area contributed by atoms with Crippen molar-refractivity contribution in [3.8, 4) is 11.8 Å². The van der Waals surface area contributed by atoms with Crippen LogP contribution in [0.5, 0.6) is 5.75 Å². The van der Waals surface area contributed by atoms with Crippen molar-refractivity contribution in [2.45, 2.75) is 25.7 Å². The van der Waals surface area contributed by atoms with Gasteiger partial charge < -0.3 is 20.1 Å². The molecule has 2 aliphatic rings. The molecule has 2 N–H and O–H groups in total. The number of rotatable bonds is 3. The molecule has 0 saturated carbocycles. The summed E-state index contributed by atoms with van der Waals surface area (Å²) in [5.74, 6) is -0.823. The zero-order valence-corrected chi connectivity index (χ0v) is 17.1. The molecule has 1 aromatic carbocycles. The minimum Gasteiger partial charge on any atom is -0.465 e. The minimum atomic E-state index is -1.43. The van der Waals surface area contributed by atoms with Crippen LogP contribution in [0.3, 0.4) is 0 Å². The second kappa shape index (κ2) is 6.64. The molecule has 0 bridgehead atoms. The van der Waals surface area contributed by atoms with E-state index in [1.165, 1.54) is 18.4 Å². The third kappa shape index (κ3) is 2.28. The van der Waals surface area contributed by atoms with E-state index in [4.69, 9.17) is 15.2 Å². The van der Waals surface area contributed by atoms with Crippen molar-refractivity contribution in [2.24, 2.45) is 5.73 Å². The summed E-state index contributed by atoms with van der Waals surface area (Å²) in [5, 5.41) is 9.98. The average molecular weight is 409 g/mol. The van der Waals surface area contributed by atoms with Gasteiger partial charge in [0.25, 0.3) is 0 Å². The number of benzene rings is 1. The van der Waals surface area contributed by atoms with Crippen LogP contribution in [0.15, 0.2) is 35.7 Å². The van der Waals surface area contributed by atoms with Gasteiger partial charge in [-0.05, 0) is 19.4 Å². The zero-order chi connectivity index (χ0) is 20.9. The molecule has 0 unspecified atom stereocenters. The van der Waals surface area contributed by atoms with Gasteiger partial charge in [0, 0.05) is 22.7 Å². The molecule has 3 heterocycles. The van der Waals surface area contributed by atoms with Gasteiger partial charge in [0.2, 0.25) is 11.8 Å². The molecule has 0 fully saturated rings. The lowest BCUT2D eigenvalue weighted by Crippen LogP contribution is -2.45. The first kappa shape index (κ1) is 19.0. The van der Waals surface area contributed by atoms with Crippen molar-refractivity contribution in [2.75, 3.05) is 18.6 Å². The summed E-state index contributed by atoms with van der Waals surface area (Å²) in [6.07, 6.45) is 0.747. The molecule has 1 amide bonds. The molecular formula is C21H19N3O4S. The van der Waals surface area contributed by atoms with Crippen LogP contribution in [0.4, 0.5) is 5.69 Å². The van der Waals surface area contributed by atoms with E-state index in [-0.39, 0.29) is 28.7 Å². The molecule has 148 valence electrons. The van der Waals surface area contributed by atoms with Crippen molar-refractivity contribution in [1.82, 2.24) is 0 Å². The highest BCUT2D eigenvalue weighted by Crippen LogP contribution is 2.58. The molecule has 0 radical (unpaired) electrons. The van der Waals surface area contributed by atoms with Gasteiger partial charge in [-0.25, -0.2) is 4.79 Å². The maximum Gasteiger partial charge on any atom is 0.342 e. The topological polar surface area (TPSA) is 106 Å². The molecule has 2 aliphatic heterocycles. The van der Waals surface area contributed by atoms with E-state index in [1.54, 1.807) is 11.8 Å². The van der Waals surface area contributed by atoms with Crippen molar-refractivity contribution in [1.29, 1.82) is 5.26 Å². The van der Waals surface area contributed by atoms with Gasteiger partial charge >= 0.3 is 5.97 Å². The highest BCUT2D eigenvalue weighted by Gasteiger charge is 2.60. The molecule has 4 rings (SSSR count). The predicted octanol–water partition coefficient (Wildman–Crippen LogP) is 2.97. The van der Waals surface area contributed by atoms with Gasteiger partial charge in [0.05, 0.1) is 12.0 Å². The summed E-state index contributed by atoms with van der Waals surface area (Å²) in [7, 11) is 1.28. The number of ether oxygens (including phenoxy) is 2. The predicted molar refractivity (Wildman–Crippen MR) is 108 cm³/mol. The number of nitrogens with zero attached hydrogens (tertiary/aromatic N) is 2. The van der Waals surface area contributed by atoms with Gasteiger partial charge in [0.15, 0.2) is 11.2 Å². The molecule has 1 aromatic heterocycles. The quantitative estimate of drug-likeness (QED) is 0.782. The van der Waals surface area contributed by atoms with E-state index in [2.05, 4.69) is 6.07 Å². The highest BCUT2D eigenvalue weighted by molar-refractivity contribution is 7.13. The zero-order valence-electron chi connectivity index (χ0n) is 16.2. The van der Waals surface area contributed by atoms with Gasteiger partial charge in [0.1, 0.15) is 17.2 Å². The Morgan fingerprint density at radius 2 is 2.14 bits per heavy atom. The number of esters is 1. The van der Waals surface area contributed by atoms with Gasteiger partial charge in [-0.1, -0.05) is 25.1 Å². The van der Waals surface area contributed by atoms with Crippen LogP contribution >= 0.6 is 11.3 Å². The number of fused-ring (bicyclic) bond motifs is 4. The summed E-state index contributed by atoms with van der Waals surface area (Å²) >= 11 is 1.25. The summed E-state index contributed by atoms with van der Waals surface area (Å²) in [5.41, 5.74) is 6.37. The number of nitriles is 1. The standard InChI is InChI=1S/C21H19N3O4S/c1-4-9-24-14-8-6-5-7-12(14)21(20(24)26)13(10-22)18(23)28-16-15(19(25)27-3)11(2)29-17(16)21/h5-8H,4,9,23H2,1-3H3/t21-/m1/s1. The summed E-state index contributed by atoms with van der Waals surface area (Å²) in [6, 6.07) is 9.47. The van der Waals surface area contributed by atoms with Crippen molar-refractivity contribution in [3.05, 3.63) is 56.6 Å². The Balaban J connectivity index is 2.12. The number of para-hydroxylation sites is 1. The smallest absolute Gasteiger partial charge is 0.342 e. The van der Waals surface area contributed by atoms with Gasteiger partial charge in [-0.15, -0.1) is 11.3 Å². The third-order valence-corrected chi connectivity index (χ3v) is 6.53. The Hall–Kier alpha value is -3.31. The molecule has 0 saturated heterocycles. The van der Waals surface area contributed by atoms with E-state index >= 15 is 0 Å². The Bertz CT molecular complexity index is 1130. The van der Waals surface area contributed by atoms with Crippen LogP contribution in [-0.4, -0.2) is 25.5 Å². The lowest BCUT2D eigenvalue weighted by atomic mass is 9.72. The number of thiophene rings is 1. The van der Waals surface area contributed by atoms with Crippen LogP contribution in [-0.2, 0) is 14.9 Å². The Labute approximate surface area is 171 Å². The summed E-state index contributed by atoms with van der Waals surface area (Å²) in [4.78, 5) is 29.1. The maximum atomic E-state index is 13.9. The van der Waals surface area contributed by atoms with Gasteiger partial charge in [-0.3, -0.25) is 4.79 Å². The van der Waals surface area contributed by atoms with Crippen molar-refractivity contribution >= 4 is 28.9 Å². The monoisotopic (exact) mass is 409 g/mol. The molecule has 8 heteroatoms. The fourth-order valence-corrected chi connectivity index (χ4v) is 5.44. The Kier molecular flexibility index (Phi) is 4.35. The number of carbonyl (C=O) groups excluding carboxylic acids is 2. The molecule has 1 spiro atoms. The maximum absolute atomic E-state index is 13.9. The number of carbonyl (C=O) groups is 2.